The van der Waals surface area contributed by atoms with Crippen molar-refractivity contribution in [3.63, 3.8) is 0 Å². The van der Waals surface area contributed by atoms with Crippen molar-refractivity contribution in [2.24, 2.45) is 0 Å². The summed E-state index contributed by atoms with van der Waals surface area (Å²) in [7, 11) is 0. The normalized spacial score (nSPS) is 38.0. The number of hydrogen-bond donors (Lipinski definition) is 1. The van der Waals surface area contributed by atoms with Crippen LogP contribution in [0.2, 0.25) is 0 Å². The van der Waals surface area contributed by atoms with Crippen molar-refractivity contribution in [1.29, 1.82) is 0 Å². The van der Waals surface area contributed by atoms with Gasteiger partial charge in [-0.15, -0.1) is 0 Å². The third kappa shape index (κ3) is 2.23. The quantitative estimate of drug-likeness (QED) is 0.599. The summed E-state index contributed by atoms with van der Waals surface area (Å²) in [5, 5.41) is 0. The Hall–Kier alpha value is -1.26. The lowest BCUT2D eigenvalue weighted by Gasteiger charge is -2.34. The van der Waals surface area contributed by atoms with E-state index in [9.17, 15) is 17.6 Å². The molecule has 4 unspecified atom stereocenters. The molecule has 2 N–H and O–H groups in total. The molecular formula is C12H13F4N. The molecule has 1 aromatic rings. The highest BCUT2D eigenvalue weighted by Crippen LogP contribution is 2.40. The summed E-state index contributed by atoms with van der Waals surface area (Å²) in [6.45, 7) is 0. The summed E-state index contributed by atoms with van der Waals surface area (Å²) in [4.78, 5) is 0. The summed E-state index contributed by atoms with van der Waals surface area (Å²) in [5.74, 6) is -1.42. The molecule has 0 aromatic heterocycles. The minimum Gasteiger partial charge on any atom is -0.399 e. The maximum absolute atomic E-state index is 13.7. The first kappa shape index (κ1) is 12.2. The first-order chi connectivity index (χ1) is 8.00. The van der Waals surface area contributed by atoms with E-state index in [-0.39, 0.29) is 5.56 Å². The van der Waals surface area contributed by atoms with Crippen molar-refractivity contribution in [1.82, 2.24) is 0 Å². The molecule has 0 amide bonds. The van der Waals surface area contributed by atoms with E-state index in [1.165, 1.54) is 18.2 Å². The van der Waals surface area contributed by atoms with Crippen molar-refractivity contribution < 1.29 is 17.6 Å². The minimum absolute atomic E-state index is 0.204. The highest BCUT2D eigenvalue weighted by atomic mass is 19.2. The molecule has 1 nitrogen and oxygen atoms in total. The maximum atomic E-state index is 13.7. The molecule has 0 spiro atoms. The van der Waals surface area contributed by atoms with Crippen LogP contribution in [0.1, 0.15) is 17.9 Å². The number of hydrogen-bond acceptors (Lipinski definition) is 1. The highest BCUT2D eigenvalue weighted by molar-refractivity contribution is 5.42. The smallest absolute Gasteiger partial charge is 0.141 e. The van der Waals surface area contributed by atoms with Crippen LogP contribution < -0.4 is 5.73 Å². The molecular weight excluding hydrogens is 234 g/mol. The van der Waals surface area contributed by atoms with E-state index in [2.05, 4.69) is 0 Å². The van der Waals surface area contributed by atoms with Crippen molar-refractivity contribution in [3.8, 4) is 0 Å². The van der Waals surface area contributed by atoms with Gasteiger partial charge in [0.05, 0.1) is 5.92 Å². The van der Waals surface area contributed by atoms with Gasteiger partial charge in [0.15, 0.2) is 0 Å². The fourth-order valence-corrected chi connectivity index (χ4v) is 2.23. The van der Waals surface area contributed by atoms with Crippen LogP contribution in [-0.4, -0.2) is 24.7 Å². The molecule has 1 aliphatic carbocycles. The first-order valence-corrected chi connectivity index (χ1v) is 5.42. The number of halogens is 4. The van der Waals surface area contributed by atoms with Crippen LogP contribution in [0, 0.1) is 0 Å². The van der Waals surface area contributed by atoms with Crippen LogP contribution in [0.15, 0.2) is 24.3 Å². The minimum atomic E-state index is -2.03. The Morgan fingerprint density at radius 1 is 1.00 bits per heavy atom. The Kier molecular flexibility index (Phi) is 3.26. The second kappa shape index (κ2) is 4.55. The lowest BCUT2D eigenvalue weighted by Crippen LogP contribution is -2.43. The number of anilines is 1. The van der Waals surface area contributed by atoms with E-state index in [0.29, 0.717) is 5.69 Å². The summed E-state index contributed by atoms with van der Waals surface area (Å²) >= 11 is 0. The molecule has 17 heavy (non-hydrogen) atoms. The van der Waals surface area contributed by atoms with Crippen molar-refractivity contribution >= 4 is 5.69 Å². The summed E-state index contributed by atoms with van der Waals surface area (Å²) in [5.41, 5.74) is 6.01. The average Bonchev–Trinajstić information content (AvgIpc) is 2.27. The molecule has 0 saturated heterocycles. The molecule has 2 rings (SSSR count). The van der Waals surface area contributed by atoms with E-state index in [1.54, 1.807) is 6.07 Å². The first-order valence-electron chi connectivity index (χ1n) is 5.42. The van der Waals surface area contributed by atoms with Gasteiger partial charge in [0.2, 0.25) is 0 Å². The zero-order valence-corrected chi connectivity index (χ0v) is 8.99. The lowest BCUT2D eigenvalue weighted by atomic mass is 9.79. The molecule has 1 aliphatic rings. The second-order valence-corrected chi connectivity index (χ2v) is 4.35. The molecule has 0 radical (unpaired) electrons. The predicted octanol–water partition coefficient (Wildman–Crippen LogP) is 3.11. The maximum Gasteiger partial charge on any atom is 0.141 e. The molecule has 1 saturated carbocycles. The van der Waals surface area contributed by atoms with Gasteiger partial charge >= 0.3 is 0 Å². The Labute approximate surface area is 96.6 Å². The highest BCUT2D eigenvalue weighted by Gasteiger charge is 2.47. The number of nitrogen functional groups attached to an aromatic ring is 1. The van der Waals surface area contributed by atoms with Crippen LogP contribution >= 0.6 is 0 Å². The molecule has 5 heteroatoms. The Morgan fingerprint density at radius 3 is 2.12 bits per heavy atom. The van der Waals surface area contributed by atoms with E-state index in [1.807, 2.05) is 0 Å². The van der Waals surface area contributed by atoms with E-state index >= 15 is 0 Å². The molecule has 0 heterocycles. The van der Waals surface area contributed by atoms with E-state index in [0.717, 1.165) is 0 Å². The zero-order chi connectivity index (χ0) is 12.6. The fraction of sp³-hybridized carbons (Fsp3) is 0.500. The molecule has 94 valence electrons. The number of nitrogens with two attached hydrogens (primary N) is 1. The summed E-state index contributed by atoms with van der Waals surface area (Å²) in [6, 6.07) is 5.85. The average molecular weight is 247 g/mol. The molecule has 4 atom stereocenters. The Morgan fingerprint density at radius 2 is 1.59 bits per heavy atom. The van der Waals surface area contributed by atoms with Gasteiger partial charge in [-0.1, -0.05) is 12.1 Å². The third-order valence-corrected chi connectivity index (χ3v) is 3.12. The predicted molar refractivity (Wildman–Crippen MR) is 57.8 cm³/mol. The Balaban J connectivity index is 2.34. The van der Waals surface area contributed by atoms with E-state index in [4.69, 9.17) is 5.73 Å². The SMILES string of the molecule is Nc1cccc(C2C(F)C(F)CC(F)C2F)c1. The van der Waals surface area contributed by atoms with Gasteiger partial charge in [-0.2, -0.15) is 0 Å². The summed E-state index contributed by atoms with van der Waals surface area (Å²) in [6.07, 6.45) is -8.72. The van der Waals surface area contributed by atoms with Gasteiger partial charge in [-0.3, -0.25) is 0 Å². The van der Waals surface area contributed by atoms with Crippen molar-refractivity contribution in [2.45, 2.75) is 37.0 Å². The van der Waals surface area contributed by atoms with Crippen LogP contribution in [-0.2, 0) is 0 Å². The van der Waals surface area contributed by atoms with E-state index < -0.39 is 37.0 Å². The zero-order valence-electron chi connectivity index (χ0n) is 8.99. The molecule has 0 aliphatic heterocycles. The molecule has 0 bridgehead atoms. The molecule has 1 aromatic carbocycles. The lowest BCUT2D eigenvalue weighted by molar-refractivity contribution is -0.00569. The number of benzene rings is 1. The van der Waals surface area contributed by atoms with Crippen LogP contribution in [0.3, 0.4) is 0 Å². The second-order valence-electron chi connectivity index (χ2n) is 4.35. The monoisotopic (exact) mass is 247 g/mol. The standard InChI is InChI=1S/C12H13F4N/c13-8-5-9(14)12(16)10(11(8)15)6-2-1-3-7(17)4-6/h1-4,8-12H,5,17H2. The van der Waals surface area contributed by atoms with Gasteiger partial charge in [-0.25, -0.2) is 17.6 Å². The van der Waals surface area contributed by atoms with Gasteiger partial charge < -0.3 is 5.73 Å². The van der Waals surface area contributed by atoms with Gasteiger partial charge in [-0.05, 0) is 17.7 Å². The van der Waals surface area contributed by atoms with Crippen LogP contribution in [0.5, 0.6) is 0 Å². The van der Waals surface area contributed by atoms with Crippen LogP contribution in [0.4, 0.5) is 23.2 Å². The Bertz CT molecular complexity index is 384. The number of rotatable bonds is 1. The third-order valence-electron chi connectivity index (χ3n) is 3.12. The van der Waals surface area contributed by atoms with Gasteiger partial charge in [0.1, 0.15) is 24.7 Å². The summed E-state index contributed by atoms with van der Waals surface area (Å²) < 4.78 is 53.8. The van der Waals surface area contributed by atoms with Gasteiger partial charge in [0.25, 0.3) is 0 Å². The topological polar surface area (TPSA) is 26.0 Å². The van der Waals surface area contributed by atoms with Crippen molar-refractivity contribution in [3.05, 3.63) is 29.8 Å². The van der Waals surface area contributed by atoms with Gasteiger partial charge in [0, 0.05) is 12.1 Å². The largest absolute Gasteiger partial charge is 0.399 e. The number of alkyl halides is 4. The fourth-order valence-electron chi connectivity index (χ4n) is 2.23. The molecule has 1 fully saturated rings. The van der Waals surface area contributed by atoms with Crippen LogP contribution in [0.25, 0.3) is 0 Å². The van der Waals surface area contributed by atoms with Crippen molar-refractivity contribution in [2.75, 3.05) is 5.73 Å².